The van der Waals surface area contributed by atoms with Crippen LogP contribution in [0.4, 0.5) is 0 Å². The highest BCUT2D eigenvalue weighted by atomic mass is 16.6. The van der Waals surface area contributed by atoms with Gasteiger partial charge in [0.1, 0.15) is 17.8 Å². The summed E-state index contributed by atoms with van der Waals surface area (Å²) in [6, 6.07) is 3.28. The molecule has 1 aromatic rings. The Morgan fingerprint density at radius 3 is 2.66 bits per heavy atom. The number of esters is 1. The number of hydrogen-bond acceptors (Lipinski definition) is 6. The molecular formula is C26H34O6. The Morgan fingerprint density at radius 2 is 1.94 bits per heavy atom. The van der Waals surface area contributed by atoms with Crippen molar-refractivity contribution in [2.45, 2.75) is 95.5 Å². The van der Waals surface area contributed by atoms with Gasteiger partial charge in [0, 0.05) is 24.3 Å². The van der Waals surface area contributed by atoms with Crippen LogP contribution in [0.25, 0.3) is 0 Å². The van der Waals surface area contributed by atoms with E-state index in [0.717, 1.165) is 50.5 Å². The minimum absolute atomic E-state index is 0.0597. The molecule has 5 aliphatic rings. The first-order valence-electron chi connectivity index (χ1n) is 12.3. The molecule has 0 amide bonds. The maximum atomic E-state index is 11.5. The second kappa shape index (κ2) is 6.69. The summed E-state index contributed by atoms with van der Waals surface area (Å²) in [5.74, 6) is 1.34. The molecule has 4 aliphatic carbocycles. The molecule has 6 heteroatoms. The van der Waals surface area contributed by atoms with Crippen molar-refractivity contribution in [1.29, 1.82) is 0 Å². The van der Waals surface area contributed by atoms with Crippen LogP contribution in [0.2, 0.25) is 0 Å². The third kappa shape index (κ3) is 2.54. The van der Waals surface area contributed by atoms with Gasteiger partial charge in [0.15, 0.2) is 0 Å². The van der Waals surface area contributed by atoms with Gasteiger partial charge >= 0.3 is 11.6 Å². The molecule has 32 heavy (non-hydrogen) atoms. The van der Waals surface area contributed by atoms with E-state index in [1.165, 1.54) is 13.0 Å². The van der Waals surface area contributed by atoms with E-state index in [1.54, 1.807) is 6.26 Å². The zero-order valence-corrected chi connectivity index (χ0v) is 19.2. The van der Waals surface area contributed by atoms with E-state index in [9.17, 15) is 14.7 Å². The molecule has 174 valence electrons. The molecule has 2 heterocycles. The molecule has 5 fully saturated rings. The first kappa shape index (κ1) is 20.9. The zero-order valence-electron chi connectivity index (χ0n) is 19.2. The van der Waals surface area contributed by atoms with Crippen LogP contribution in [0.1, 0.15) is 77.2 Å². The predicted molar refractivity (Wildman–Crippen MR) is 116 cm³/mol. The lowest BCUT2D eigenvalue weighted by molar-refractivity contribution is -0.163. The van der Waals surface area contributed by atoms with E-state index >= 15 is 0 Å². The Bertz CT molecular complexity index is 982. The van der Waals surface area contributed by atoms with Gasteiger partial charge in [-0.05, 0) is 79.7 Å². The quantitative estimate of drug-likeness (QED) is 0.554. The molecule has 6 nitrogen and oxygen atoms in total. The summed E-state index contributed by atoms with van der Waals surface area (Å²) >= 11 is 0. The van der Waals surface area contributed by atoms with E-state index in [2.05, 4.69) is 13.8 Å². The number of ether oxygens (including phenoxy) is 2. The van der Waals surface area contributed by atoms with E-state index < -0.39 is 6.10 Å². The van der Waals surface area contributed by atoms with Crippen LogP contribution in [0, 0.1) is 28.6 Å². The maximum Gasteiger partial charge on any atom is 0.335 e. The highest BCUT2D eigenvalue weighted by Crippen LogP contribution is 2.77. The van der Waals surface area contributed by atoms with Crippen LogP contribution < -0.4 is 5.63 Å². The predicted octanol–water partition coefficient (Wildman–Crippen LogP) is 3.80. The summed E-state index contributed by atoms with van der Waals surface area (Å²) in [6.45, 7) is 6.27. The topological polar surface area (TPSA) is 89.3 Å². The smallest absolute Gasteiger partial charge is 0.335 e. The number of epoxide rings is 1. The second-order valence-electron chi connectivity index (χ2n) is 11.6. The lowest BCUT2D eigenvalue weighted by atomic mass is 9.44. The average molecular weight is 443 g/mol. The number of aliphatic hydroxyl groups excluding tert-OH is 1. The minimum Gasteiger partial charge on any atom is -0.463 e. The number of hydrogen-bond donors (Lipinski definition) is 1. The third-order valence-corrected chi connectivity index (χ3v) is 10.5. The molecule has 2 unspecified atom stereocenters. The highest BCUT2D eigenvalue weighted by Gasteiger charge is 2.83. The number of carbonyl (C=O) groups excluding carboxylic acids is 1. The molecular weight excluding hydrogens is 408 g/mol. The first-order valence-corrected chi connectivity index (χ1v) is 12.3. The fourth-order valence-electron chi connectivity index (χ4n) is 9.14. The number of carbonyl (C=O) groups is 1. The summed E-state index contributed by atoms with van der Waals surface area (Å²) < 4.78 is 17.3. The average Bonchev–Trinajstić information content (AvgIpc) is 3.45. The molecule has 10 atom stereocenters. The van der Waals surface area contributed by atoms with E-state index in [1.807, 2.05) is 6.07 Å². The van der Waals surface area contributed by atoms with Crippen LogP contribution in [0.3, 0.4) is 0 Å². The van der Waals surface area contributed by atoms with Crippen molar-refractivity contribution >= 4 is 5.97 Å². The van der Waals surface area contributed by atoms with Crippen molar-refractivity contribution in [3.05, 3.63) is 34.4 Å². The third-order valence-electron chi connectivity index (χ3n) is 10.5. The maximum absolute atomic E-state index is 11.5. The molecule has 0 bridgehead atoms. The summed E-state index contributed by atoms with van der Waals surface area (Å²) in [5.41, 5.74) is 0.332. The largest absolute Gasteiger partial charge is 0.463 e. The van der Waals surface area contributed by atoms with Gasteiger partial charge in [-0.2, -0.15) is 0 Å². The lowest BCUT2D eigenvalue weighted by Crippen LogP contribution is -2.58. The molecule has 1 aliphatic heterocycles. The van der Waals surface area contributed by atoms with Crippen molar-refractivity contribution in [3.63, 3.8) is 0 Å². The summed E-state index contributed by atoms with van der Waals surface area (Å²) in [5, 5.41) is 11.3. The van der Waals surface area contributed by atoms with Gasteiger partial charge in [0.05, 0.1) is 12.4 Å². The Kier molecular flexibility index (Phi) is 4.37. The summed E-state index contributed by atoms with van der Waals surface area (Å²) in [4.78, 5) is 23.0. The number of aliphatic hydroxyl groups is 1. The molecule has 1 N–H and O–H groups in total. The Morgan fingerprint density at radius 1 is 1.12 bits per heavy atom. The van der Waals surface area contributed by atoms with Gasteiger partial charge in [-0.1, -0.05) is 13.8 Å². The SMILES string of the molecule is CC(=O)O[C@H]1CC[C@]2(C)C3CC[C@]4(C)[C@@H](c5ccc(=O)oc5)[C@@H](O)[C@@H]5O[C@@]54C3CC[C@@H]2C1. The minimum atomic E-state index is -0.573. The van der Waals surface area contributed by atoms with Gasteiger partial charge in [0.2, 0.25) is 0 Å². The fourth-order valence-corrected chi connectivity index (χ4v) is 9.14. The van der Waals surface area contributed by atoms with Crippen molar-refractivity contribution in [2.75, 3.05) is 0 Å². The van der Waals surface area contributed by atoms with Gasteiger partial charge in [-0.25, -0.2) is 4.79 Å². The Hall–Kier alpha value is -1.66. The van der Waals surface area contributed by atoms with Gasteiger partial charge in [0.25, 0.3) is 0 Å². The van der Waals surface area contributed by atoms with Gasteiger partial charge in [-0.15, -0.1) is 0 Å². The molecule has 0 radical (unpaired) electrons. The van der Waals surface area contributed by atoms with Gasteiger partial charge in [-0.3, -0.25) is 4.79 Å². The fraction of sp³-hybridized carbons (Fsp3) is 0.769. The van der Waals surface area contributed by atoms with Crippen molar-refractivity contribution in [2.24, 2.45) is 28.6 Å². The number of fused-ring (bicyclic) bond motifs is 3. The molecule has 6 rings (SSSR count). The normalized spacial score (nSPS) is 51.1. The van der Waals surface area contributed by atoms with Crippen LogP contribution >= 0.6 is 0 Å². The van der Waals surface area contributed by atoms with Crippen LogP contribution in [-0.4, -0.2) is 35.0 Å². The summed E-state index contributed by atoms with van der Waals surface area (Å²) in [7, 11) is 0. The highest BCUT2D eigenvalue weighted by molar-refractivity contribution is 5.66. The zero-order chi connectivity index (χ0) is 22.5. The van der Waals surface area contributed by atoms with Crippen LogP contribution in [-0.2, 0) is 14.3 Å². The van der Waals surface area contributed by atoms with Gasteiger partial charge < -0.3 is 19.0 Å². The van der Waals surface area contributed by atoms with Crippen LogP contribution in [0.15, 0.2) is 27.6 Å². The molecule has 1 aromatic heterocycles. The van der Waals surface area contributed by atoms with E-state index in [0.29, 0.717) is 17.8 Å². The lowest BCUT2D eigenvalue weighted by Gasteiger charge is -2.61. The Balaban J connectivity index is 1.31. The Labute approximate surface area is 188 Å². The summed E-state index contributed by atoms with van der Waals surface area (Å²) in [6.07, 6.45) is 8.27. The van der Waals surface area contributed by atoms with E-state index in [-0.39, 0.29) is 46.2 Å². The second-order valence-corrected chi connectivity index (χ2v) is 11.6. The first-order chi connectivity index (χ1) is 15.2. The molecule has 0 aromatic carbocycles. The monoisotopic (exact) mass is 442 g/mol. The standard InChI is InChI=1S/C26H34O6/c1-14(27)31-17-8-10-24(2)16(12-17)5-6-19-18(24)9-11-25(3)21(15-4-7-20(28)30-13-15)22(29)23-26(19,25)32-23/h4,7,13,16-19,21-23,29H,5-6,8-12H2,1-3H3/t16-,17+,18?,19?,21+,22-,23+,24+,25-,26+/m1/s1. The molecule has 1 saturated heterocycles. The molecule has 4 saturated carbocycles. The molecule has 1 spiro atoms. The van der Waals surface area contributed by atoms with Crippen molar-refractivity contribution in [3.8, 4) is 0 Å². The van der Waals surface area contributed by atoms with E-state index in [4.69, 9.17) is 13.9 Å². The van der Waals surface area contributed by atoms with Crippen molar-refractivity contribution in [1.82, 2.24) is 0 Å². The van der Waals surface area contributed by atoms with Crippen molar-refractivity contribution < 1.29 is 23.8 Å². The van der Waals surface area contributed by atoms with Crippen LogP contribution in [0.5, 0.6) is 0 Å². The number of rotatable bonds is 2.